The van der Waals surface area contributed by atoms with Crippen molar-refractivity contribution in [1.29, 1.82) is 0 Å². The Hall–Kier alpha value is -3.76. The Bertz CT molecular complexity index is 1530. The smallest absolute Gasteiger partial charge is 0.274 e. The number of hydrogen-bond acceptors (Lipinski definition) is 5. The second-order valence-corrected chi connectivity index (χ2v) is 10.3. The molecule has 8 nitrogen and oxygen atoms in total. The zero-order valence-electron chi connectivity index (χ0n) is 21.8. The highest BCUT2D eigenvalue weighted by Gasteiger charge is 2.45. The van der Waals surface area contributed by atoms with Crippen molar-refractivity contribution in [1.82, 2.24) is 14.8 Å². The highest BCUT2D eigenvalue weighted by molar-refractivity contribution is 6.30. The monoisotopic (exact) mass is 571 g/mol. The second-order valence-electron chi connectivity index (χ2n) is 9.94. The normalized spacial score (nSPS) is 17.6. The molecule has 2 atom stereocenters. The lowest BCUT2D eigenvalue weighted by atomic mass is 10.1. The van der Waals surface area contributed by atoms with Gasteiger partial charge in [-0.1, -0.05) is 61.3 Å². The quantitative estimate of drug-likeness (QED) is 0.368. The number of benzene rings is 2. The van der Waals surface area contributed by atoms with Gasteiger partial charge in [-0.15, -0.1) is 0 Å². The van der Waals surface area contributed by atoms with Gasteiger partial charge in [0.05, 0.1) is 17.8 Å². The van der Waals surface area contributed by atoms with Gasteiger partial charge in [0.25, 0.3) is 11.8 Å². The number of amides is 2. The van der Waals surface area contributed by atoms with E-state index in [9.17, 15) is 28.3 Å². The van der Waals surface area contributed by atoms with E-state index in [2.05, 4.69) is 5.32 Å². The fourth-order valence-electron chi connectivity index (χ4n) is 5.30. The molecule has 0 radical (unpaired) electrons. The number of carbonyl (C=O) groups is 2. The van der Waals surface area contributed by atoms with Crippen LogP contribution in [-0.4, -0.2) is 39.5 Å². The minimum Gasteiger partial charge on any atom is -0.483 e. The zero-order chi connectivity index (χ0) is 28.6. The minimum atomic E-state index is -1.18. The van der Waals surface area contributed by atoms with E-state index in [4.69, 9.17) is 16.3 Å². The van der Waals surface area contributed by atoms with Crippen LogP contribution in [0.25, 0.3) is 0 Å². The summed E-state index contributed by atoms with van der Waals surface area (Å²) in [7, 11) is 0. The Morgan fingerprint density at radius 2 is 1.93 bits per heavy atom. The number of pyridine rings is 1. The SMILES string of the molecule is CCCCN1CC2CC(O)c3c(C(=O)NCc4ccc(F)c(Cl)c4F)c(=O)c(OCc4ccccc4)c(n32)C1=O. The molecule has 3 heterocycles. The number of unbranched alkanes of at least 4 members (excludes halogenated alkanes) is 1. The Morgan fingerprint density at radius 3 is 2.65 bits per heavy atom. The first-order valence-electron chi connectivity index (χ1n) is 13.1. The van der Waals surface area contributed by atoms with Gasteiger partial charge < -0.3 is 24.6 Å². The summed E-state index contributed by atoms with van der Waals surface area (Å²) >= 11 is 5.65. The maximum absolute atomic E-state index is 14.4. The number of aromatic nitrogens is 1. The molecule has 210 valence electrons. The van der Waals surface area contributed by atoms with Crippen molar-refractivity contribution in [2.24, 2.45) is 0 Å². The number of hydrogen-bond donors (Lipinski definition) is 2. The van der Waals surface area contributed by atoms with Gasteiger partial charge in [0.15, 0.2) is 11.4 Å². The maximum atomic E-state index is 14.4. The Labute approximate surface area is 234 Å². The van der Waals surface area contributed by atoms with Crippen molar-refractivity contribution in [3.8, 4) is 5.75 Å². The van der Waals surface area contributed by atoms with Crippen molar-refractivity contribution < 1.29 is 28.2 Å². The zero-order valence-corrected chi connectivity index (χ0v) is 22.5. The number of ether oxygens (including phenoxy) is 1. The first-order valence-corrected chi connectivity index (χ1v) is 13.5. The minimum absolute atomic E-state index is 0.00717. The average Bonchev–Trinajstić information content (AvgIpc) is 3.27. The third kappa shape index (κ3) is 4.97. The van der Waals surface area contributed by atoms with E-state index >= 15 is 0 Å². The fraction of sp³-hybridized carbons (Fsp3) is 0.345. The number of aliphatic hydroxyl groups is 1. The summed E-state index contributed by atoms with van der Waals surface area (Å²) in [6.45, 7) is 2.39. The van der Waals surface area contributed by atoms with Crippen molar-refractivity contribution in [3.05, 3.63) is 97.4 Å². The average molecular weight is 572 g/mol. The molecule has 0 fully saturated rings. The van der Waals surface area contributed by atoms with Gasteiger partial charge in [-0.25, -0.2) is 8.78 Å². The first kappa shape index (κ1) is 27.8. The van der Waals surface area contributed by atoms with Crippen LogP contribution in [0.15, 0.2) is 47.3 Å². The van der Waals surface area contributed by atoms with Crippen LogP contribution in [0.1, 0.15) is 76.0 Å². The van der Waals surface area contributed by atoms with Gasteiger partial charge in [0, 0.05) is 31.6 Å². The Kier molecular flexibility index (Phi) is 7.91. The molecule has 1 aromatic heterocycles. The molecule has 2 aliphatic heterocycles. The number of carbonyl (C=O) groups excluding carboxylic acids is 2. The van der Waals surface area contributed by atoms with Crippen molar-refractivity contribution in [2.45, 2.75) is 51.5 Å². The van der Waals surface area contributed by atoms with Gasteiger partial charge >= 0.3 is 0 Å². The number of aliphatic hydroxyl groups excluding tert-OH is 1. The molecule has 2 N–H and O–H groups in total. The standard InChI is InChI=1S/C29H28ClF2N3O5/c1-2-3-11-34-14-18-12-20(36)24-21(28(38)33-13-17-9-10-19(31)22(30)23(17)32)26(37)27(25(29(34)39)35(18)24)40-15-16-7-5-4-6-8-16/h4-10,18,20,36H,2-3,11-15H2,1H3,(H,33,38). The molecule has 3 aromatic rings. The lowest BCUT2D eigenvalue weighted by Crippen LogP contribution is -2.45. The molecule has 2 aliphatic rings. The molecule has 2 aromatic carbocycles. The van der Waals surface area contributed by atoms with Crippen LogP contribution in [0.2, 0.25) is 5.02 Å². The lowest BCUT2D eigenvalue weighted by Gasteiger charge is -2.35. The number of nitrogens with one attached hydrogen (secondary N) is 1. The number of rotatable bonds is 9. The third-order valence-corrected chi connectivity index (χ3v) is 7.64. The largest absolute Gasteiger partial charge is 0.483 e. The topological polar surface area (TPSA) is 101 Å². The summed E-state index contributed by atoms with van der Waals surface area (Å²) in [4.78, 5) is 42.6. The summed E-state index contributed by atoms with van der Waals surface area (Å²) in [5, 5.41) is 12.8. The molecule has 0 aliphatic carbocycles. The lowest BCUT2D eigenvalue weighted by molar-refractivity contribution is 0.0651. The number of nitrogens with zero attached hydrogens (tertiary/aromatic N) is 2. The molecule has 0 saturated carbocycles. The molecular weight excluding hydrogens is 544 g/mol. The van der Waals surface area contributed by atoms with Gasteiger partial charge in [0.1, 0.15) is 28.8 Å². The Morgan fingerprint density at radius 1 is 1.18 bits per heavy atom. The van der Waals surface area contributed by atoms with E-state index < -0.39 is 46.5 Å². The highest BCUT2D eigenvalue weighted by atomic mass is 35.5. The summed E-state index contributed by atoms with van der Waals surface area (Å²) in [5.41, 5.74) is -0.543. The fourth-order valence-corrected chi connectivity index (χ4v) is 5.49. The van der Waals surface area contributed by atoms with Gasteiger partial charge in [-0.2, -0.15) is 0 Å². The maximum Gasteiger partial charge on any atom is 0.274 e. The summed E-state index contributed by atoms with van der Waals surface area (Å²) in [6.07, 6.45) is 0.651. The molecule has 2 amide bonds. The van der Waals surface area contributed by atoms with E-state index in [0.717, 1.165) is 30.5 Å². The van der Waals surface area contributed by atoms with E-state index in [-0.39, 0.29) is 47.3 Å². The third-order valence-electron chi connectivity index (χ3n) is 7.29. The molecule has 40 heavy (non-hydrogen) atoms. The van der Waals surface area contributed by atoms with Crippen molar-refractivity contribution >= 4 is 23.4 Å². The molecule has 5 rings (SSSR count). The van der Waals surface area contributed by atoms with Crippen LogP contribution < -0.4 is 15.5 Å². The van der Waals surface area contributed by atoms with Crippen LogP contribution in [0.3, 0.4) is 0 Å². The molecule has 0 saturated heterocycles. The second kappa shape index (κ2) is 11.4. The highest BCUT2D eigenvalue weighted by Crippen LogP contribution is 2.42. The summed E-state index contributed by atoms with van der Waals surface area (Å²) in [5.74, 6) is -3.55. The predicted molar refractivity (Wildman–Crippen MR) is 143 cm³/mol. The van der Waals surface area contributed by atoms with Crippen molar-refractivity contribution in [2.75, 3.05) is 13.1 Å². The van der Waals surface area contributed by atoms with E-state index in [1.54, 1.807) is 21.6 Å². The van der Waals surface area contributed by atoms with Crippen LogP contribution in [0, 0.1) is 11.6 Å². The molecule has 2 unspecified atom stereocenters. The molecular formula is C29H28ClF2N3O5. The van der Waals surface area contributed by atoms with E-state index in [1.165, 1.54) is 0 Å². The first-order chi connectivity index (χ1) is 19.2. The van der Waals surface area contributed by atoms with Crippen LogP contribution in [0.5, 0.6) is 5.75 Å². The van der Waals surface area contributed by atoms with Crippen LogP contribution in [-0.2, 0) is 13.2 Å². The van der Waals surface area contributed by atoms with Crippen molar-refractivity contribution in [3.63, 3.8) is 0 Å². The van der Waals surface area contributed by atoms with Gasteiger partial charge in [-0.3, -0.25) is 14.4 Å². The Balaban J connectivity index is 1.57. The van der Waals surface area contributed by atoms with Crippen LogP contribution in [0.4, 0.5) is 8.78 Å². The van der Waals surface area contributed by atoms with Gasteiger partial charge in [-0.05, 0) is 18.1 Å². The molecule has 0 bridgehead atoms. The predicted octanol–water partition coefficient (Wildman–Crippen LogP) is 4.52. The van der Waals surface area contributed by atoms with E-state index in [1.807, 2.05) is 25.1 Å². The van der Waals surface area contributed by atoms with Gasteiger partial charge in [0.2, 0.25) is 5.43 Å². The van der Waals surface area contributed by atoms with Crippen LogP contribution >= 0.6 is 11.6 Å². The molecule has 11 heteroatoms. The molecule has 0 spiro atoms. The number of halogens is 3. The summed E-state index contributed by atoms with van der Waals surface area (Å²) in [6, 6.07) is 10.8. The summed E-state index contributed by atoms with van der Waals surface area (Å²) < 4.78 is 35.5. The van der Waals surface area contributed by atoms with E-state index in [0.29, 0.717) is 13.1 Å².